The van der Waals surface area contributed by atoms with Gasteiger partial charge in [0.1, 0.15) is 18.2 Å². The van der Waals surface area contributed by atoms with Gasteiger partial charge in [-0.2, -0.15) is 4.80 Å². The van der Waals surface area contributed by atoms with Crippen LogP contribution in [0.15, 0.2) is 18.7 Å². The standard InChI is InChI=1S/C16H22N10O/c1-12-17-5-8-25(12)9-14-20-21-16(23(14)2)13-3-6-24(7-4-13)15(27)10-26-19-11-18-22-26/h5,8,11,13H,3-4,6-7,9-10H2,1-2H3. The molecule has 1 aliphatic heterocycles. The van der Waals surface area contributed by atoms with E-state index in [0.717, 1.165) is 30.3 Å². The van der Waals surface area contributed by atoms with Gasteiger partial charge in [0, 0.05) is 38.4 Å². The number of likely N-dealkylation sites (tertiary alicyclic amines) is 1. The van der Waals surface area contributed by atoms with Crippen LogP contribution in [0.2, 0.25) is 0 Å². The second kappa shape index (κ2) is 7.25. The number of aryl methyl sites for hydroxylation is 1. The Bertz CT molecular complexity index is 904. The summed E-state index contributed by atoms with van der Waals surface area (Å²) in [7, 11) is 2.00. The summed E-state index contributed by atoms with van der Waals surface area (Å²) in [6, 6.07) is 0. The third-order valence-electron chi connectivity index (χ3n) is 5.12. The fourth-order valence-corrected chi connectivity index (χ4v) is 3.46. The molecule has 1 aliphatic rings. The second-order valence-corrected chi connectivity index (χ2v) is 6.76. The van der Waals surface area contributed by atoms with Gasteiger partial charge in [-0.1, -0.05) is 0 Å². The van der Waals surface area contributed by atoms with E-state index in [2.05, 4.69) is 35.2 Å². The molecule has 4 heterocycles. The number of carbonyl (C=O) groups excluding carboxylic acids is 1. The lowest BCUT2D eigenvalue weighted by atomic mass is 9.96. The van der Waals surface area contributed by atoms with Crippen molar-refractivity contribution in [2.75, 3.05) is 13.1 Å². The quantitative estimate of drug-likeness (QED) is 0.609. The van der Waals surface area contributed by atoms with Crippen LogP contribution in [-0.4, -0.2) is 68.4 Å². The van der Waals surface area contributed by atoms with Crippen molar-refractivity contribution in [3.8, 4) is 0 Å². The van der Waals surface area contributed by atoms with Gasteiger partial charge >= 0.3 is 0 Å². The minimum atomic E-state index is 0.0145. The minimum Gasteiger partial charge on any atom is -0.341 e. The van der Waals surface area contributed by atoms with Gasteiger partial charge in [-0.25, -0.2) is 4.98 Å². The summed E-state index contributed by atoms with van der Waals surface area (Å²) < 4.78 is 4.12. The van der Waals surface area contributed by atoms with E-state index < -0.39 is 0 Å². The Hall–Kier alpha value is -3.11. The summed E-state index contributed by atoms with van der Waals surface area (Å²) >= 11 is 0. The maximum absolute atomic E-state index is 12.3. The van der Waals surface area contributed by atoms with E-state index in [0.29, 0.717) is 25.6 Å². The highest BCUT2D eigenvalue weighted by Crippen LogP contribution is 2.27. The van der Waals surface area contributed by atoms with Crippen LogP contribution in [0.5, 0.6) is 0 Å². The molecule has 0 saturated carbocycles. The van der Waals surface area contributed by atoms with E-state index in [9.17, 15) is 4.79 Å². The molecule has 0 N–H and O–H groups in total. The Balaban J connectivity index is 1.37. The van der Waals surface area contributed by atoms with Gasteiger partial charge in [-0.3, -0.25) is 4.79 Å². The summed E-state index contributed by atoms with van der Waals surface area (Å²) in [4.78, 5) is 19.7. The number of carbonyl (C=O) groups is 1. The number of hydrogen-bond donors (Lipinski definition) is 0. The van der Waals surface area contributed by atoms with Crippen LogP contribution >= 0.6 is 0 Å². The second-order valence-electron chi connectivity index (χ2n) is 6.76. The molecule has 0 unspecified atom stereocenters. The monoisotopic (exact) mass is 370 g/mol. The number of amides is 1. The van der Waals surface area contributed by atoms with E-state index in [-0.39, 0.29) is 12.5 Å². The lowest BCUT2D eigenvalue weighted by Crippen LogP contribution is -2.40. The molecule has 11 heteroatoms. The first-order chi connectivity index (χ1) is 13.1. The zero-order valence-corrected chi connectivity index (χ0v) is 15.4. The van der Waals surface area contributed by atoms with Gasteiger partial charge in [0.15, 0.2) is 12.2 Å². The van der Waals surface area contributed by atoms with Crippen LogP contribution in [0, 0.1) is 6.92 Å². The van der Waals surface area contributed by atoms with Gasteiger partial charge in [0.05, 0.1) is 6.54 Å². The van der Waals surface area contributed by atoms with Gasteiger partial charge in [-0.15, -0.1) is 20.4 Å². The molecule has 3 aromatic heterocycles. The third-order valence-corrected chi connectivity index (χ3v) is 5.12. The van der Waals surface area contributed by atoms with Crippen molar-refractivity contribution < 1.29 is 4.79 Å². The molecule has 0 atom stereocenters. The Labute approximate surface area is 156 Å². The molecule has 0 bridgehead atoms. The van der Waals surface area contributed by atoms with Crippen molar-refractivity contribution in [2.45, 2.75) is 38.8 Å². The molecule has 0 aromatic carbocycles. The highest BCUT2D eigenvalue weighted by Gasteiger charge is 2.27. The van der Waals surface area contributed by atoms with Crippen molar-refractivity contribution >= 4 is 5.91 Å². The molecule has 0 aliphatic carbocycles. The number of rotatable bonds is 5. The maximum atomic E-state index is 12.3. The number of nitrogens with zero attached hydrogens (tertiary/aromatic N) is 10. The average Bonchev–Trinajstić information content (AvgIpc) is 3.40. The SMILES string of the molecule is Cc1nccn1Cc1nnc(C2CCN(C(=O)Cn3ncnn3)CC2)n1C. The fraction of sp³-hybridized carbons (Fsp3) is 0.562. The number of tetrazole rings is 1. The number of aromatic nitrogens is 9. The van der Waals surface area contributed by atoms with Crippen molar-refractivity contribution in [3.05, 3.63) is 36.2 Å². The van der Waals surface area contributed by atoms with Gasteiger partial charge in [0.2, 0.25) is 5.91 Å². The van der Waals surface area contributed by atoms with E-state index in [1.54, 1.807) is 6.20 Å². The number of piperidine rings is 1. The van der Waals surface area contributed by atoms with Crippen molar-refractivity contribution in [3.63, 3.8) is 0 Å². The molecule has 1 amide bonds. The van der Waals surface area contributed by atoms with Gasteiger partial charge in [-0.05, 0) is 25.0 Å². The smallest absolute Gasteiger partial charge is 0.246 e. The minimum absolute atomic E-state index is 0.0145. The lowest BCUT2D eigenvalue weighted by molar-refractivity contribution is -0.133. The van der Waals surface area contributed by atoms with Crippen LogP contribution in [0.3, 0.4) is 0 Å². The van der Waals surface area contributed by atoms with Crippen LogP contribution in [0.25, 0.3) is 0 Å². The van der Waals surface area contributed by atoms with E-state index in [4.69, 9.17) is 0 Å². The molecule has 1 fully saturated rings. The zero-order chi connectivity index (χ0) is 18.8. The van der Waals surface area contributed by atoms with Gasteiger partial charge in [0.25, 0.3) is 0 Å². The van der Waals surface area contributed by atoms with Crippen molar-refractivity contribution in [2.24, 2.45) is 7.05 Å². The zero-order valence-electron chi connectivity index (χ0n) is 15.4. The summed E-state index contributed by atoms with van der Waals surface area (Å²) in [6.07, 6.45) is 6.79. The van der Waals surface area contributed by atoms with E-state index in [1.807, 2.05) is 29.6 Å². The predicted molar refractivity (Wildman–Crippen MR) is 93.4 cm³/mol. The van der Waals surface area contributed by atoms with E-state index >= 15 is 0 Å². The Morgan fingerprint density at radius 1 is 1.26 bits per heavy atom. The summed E-state index contributed by atoms with van der Waals surface area (Å²) in [6.45, 7) is 4.14. The molecule has 4 rings (SSSR count). The molecule has 3 aromatic rings. The molecule has 142 valence electrons. The van der Waals surface area contributed by atoms with Gasteiger partial charge < -0.3 is 14.0 Å². The van der Waals surface area contributed by atoms with E-state index in [1.165, 1.54) is 11.1 Å². The normalized spacial score (nSPS) is 15.4. The fourth-order valence-electron chi connectivity index (χ4n) is 3.46. The molecular weight excluding hydrogens is 348 g/mol. The molecule has 11 nitrogen and oxygen atoms in total. The highest BCUT2D eigenvalue weighted by atomic mass is 16.2. The predicted octanol–water partition coefficient (Wildman–Crippen LogP) is -0.239. The first-order valence-corrected chi connectivity index (χ1v) is 8.96. The van der Waals surface area contributed by atoms with Crippen LogP contribution < -0.4 is 0 Å². The summed E-state index contributed by atoms with van der Waals surface area (Å²) in [5.41, 5.74) is 0. The van der Waals surface area contributed by atoms with Crippen molar-refractivity contribution in [1.29, 1.82) is 0 Å². The van der Waals surface area contributed by atoms with Crippen LogP contribution in [-0.2, 0) is 24.9 Å². The Morgan fingerprint density at radius 3 is 2.74 bits per heavy atom. The Kier molecular flexibility index (Phi) is 4.65. The summed E-state index contributed by atoms with van der Waals surface area (Å²) in [5.74, 6) is 3.15. The molecule has 1 saturated heterocycles. The molecule has 0 radical (unpaired) electrons. The third kappa shape index (κ3) is 3.57. The largest absolute Gasteiger partial charge is 0.341 e. The maximum Gasteiger partial charge on any atom is 0.246 e. The van der Waals surface area contributed by atoms with Crippen LogP contribution in [0.4, 0.5) is 0 Å². The summed E-state index contributed by atoms with van der Waals surface area (Å²) in [5, 5.41) is 20.0. The average molecular weight is 370 g/mol. The number of hydrogen-bond acceptors (Lipinski definition) is 7. The Morgan fingerprint density at radius 2 is 2.07 bits per heavy atom. The van der Waals surface area contributed by atoms with Crippen LogP contribution in [0.1, 0.15) is 36.2 Å². The molecule has 0 spiro atoms. The highest BCUT2D eigenvalue weighted by molar-refractivity contribution is 5.75. The molecular formula is C16H22N10O. The number of imidazole rings is 1. The lowest BCUT2D eigenvalue weighted by Gasteiger charge is -2.31. The molecule has 27 heavy (non-hydrogen) atoms. The first-order valence-electron chi connectivity index (χ1n) is 8.96. The van der Waals surface area contributed by atoms with Crippen molar-refractivity contribution in [1.82, 2.24) is 49.4 Å². The first kappa shape index (κ1) is 17.3. The topological polar surface area (TPSA) is 112 Å².